The Bertz CT molecular complexity index is 1210. The van der Waals surface area contributed by atoms with E-state index in [1.807, 2.05) is 30.4 Å². The number of hydrogen-bond acceptors (Lipinski definition) is 6. The molecule has 1 aliphatic rings. The Hall–Kier alpha value is -3.24. The van der Waals surface area contributed by atoms with Crippen LogP contribution in [-0.4, -0.2) is 48.0 Å². The van der Waals surface area contributed by atoms with Gasteiger partial charge in [0.25, 0.3) is 0 Å². The van der Waals surface area contributed by atoms with Crippen LogP contribution in [0.25, 0.3) is 20.5 Å². The molecule has 1 saturated heterocycles. The second-order valence-corrected chi connectivity index (χ2v) is 9.59. The number of rotatable bonds is 9. The number of aromatic hydroxyl groups is 2. The third kappa shape index (κ3) is 6.89. The van der Waals surface area contributed by atoms with Crippen molar-refractivity contribution in [3.05, 3.63) is 66.5 Å². The Morgan fingerprint density at radius 3 is 2.51 bits per heavy atom. The van der Waals surface area contributed by atoms with E-state index in [1.165, 1.54) is 37.0 Å². The van der Waals surface area contributed by atoms with Crippen LogP contribution in [0.1, 0.15) is 25.7 Å². The number of fused-ring (bicyclic) bond motifs is 1. The fraction of sp³-hybridized carbons (Fsp3) is 0.310. The Balaban J connectivity index is 1.45. The first-order valence-corrected chi connectivity index (χ1v) is 12.8. The lowest BCUT2D eigenvalue weighted by atomic mass is 10.1. The van der Waals surface area contributed by atoms with Crippen LogP contribution < -0.4 is 4.74 Å². The highest BCUT2D eigenvalue weighted by atomic mass is 32.1. The van der Waals surface area contributed by atoms with Gasteiger partial charge in [-0.1, -0.05) is 24.8 Å². The summed E-state index contributed by atoms with van der Waals surface area (Å²) in [4.78, 5) is 3.36. The van der Waals surface area contributed by atoms with Gasteiger partial charge in [-0.15, -0.1) is 17.8 Å². The van der Waals surface area contributed by atoms with E-state index >= 15 is 0 Å². The Kier molecular flexibility index (Phi) is 8.85. The van der Waals surface area contributed by atoms with Crippen molar-refractivity contribution in [2.45, 2.75) is 25.7 Å². The SMILES string of the molecule is C#C/C=C(\C=C/COCCN1CCCCCC1)Oc1c(-c2ccc(O)cc2)sc2cc(O)ccc12. The maximum atomic E-state index is 9.95. The number of benzene rings is 2. The molecular weight excluding hydrogens is 458 g/mol. The number of nitrogens with zero attached hydrogens (tertiary/aromatic N) is 1. The molecule has 182 valence electrons. The molecule has 5 nitrogen and oxygen atoms in total. The highest BCUT2D eigenvalue weighted by Gasteiger charge is 2.17. The van der Waals surface area contributed by atoms with Gasteiger partial charge in [0, 0.05) is 22.7 Å². The predicted octanol–water partition coefficient (Wildman–Crippen LogP) is 6.32. The van der Waals surface area contributed by atoms with Gasteiger partial charge in [-0.3, -0.25) is 0 Å². The summed E-state index contributed by atoms with van der Waals surface area (Å²) in [5, 5.41) is 20.5. The maximum absolute atomic E-state index is 9.95. The van der Waals surface area contributed by atoms with Crippen LogP contribution in [0.4, 0.5) is 0 Å². The Morgan fingerprint density at radius 1 is 1.03 bits per heavy atom. The lowest BCUT2D eigenvalue weighted by molar-refractivity contribution is 0.125. The molecule has 0 atom stereocenters. The molecule has 4 rings (SSSR count). The van der Waals surface area contributed by atoms with Gasteiger partial charge in [0.1, 0.15) is 17.3 Å². The van der Waals surface area contributed by atoms with Crippen molar-refractivity contribution in [1.29, 1.82) is 0 Å². The second kappa shape index (κ2) is 12.5. The summed E-state index contributed by atoms with van der Waals surface area (Å²) in [6.45, 7) is 4.46. The van der Waals surface area contributed by atoms with Crippen molar-refractivity contribution < 1.29 is 19.7 Å². The van der Waals surface area contributed by atoms with E-state index in [2.05, 4.69) is 10.8 Å². The molecular formula is C29H31NO4S. The Morgan fingerprint density at radius 2 is 1.77 bits per heavy atom. The number of phenols is 2. The number of terminal acetylenes is 1. The van der Waals surface area contributed by atoms with Crippen LogP contribution in [-0.2, 0) is 4.74 Å². The Labute approximate surface area is 210 Å². The highest BCUT2D eigenvalue weighted by molar-refractivity contribution is 7.22. The normalized spacial score (nSPS) is 15.3. The lowest BCUT2D eigenvalue weighted by Crippen LogP contribution is -2.28. The number of ether oxygens (including phenoxy) is 2. The molecule has 2 N–H and O–H groups in total. The first kappa shape index (κ1) is 24.9. The van der Waals surface area contributed by atoms with Gasteiger partial charge in [0.05, 0.1) is 18.1 Å². The topological polar surface area (TPSA) is 62.2 Å². The van der Waals surface area contributed by atoms with E-state index in [4.69, 9.17) is 15.9 Å². The fourth-order valence-electron chi connectivity index (χ4n) is 4.15. The number of hydrogen-bond donors (Lipinski definition) is 2. The molecule has 0 spiro atoms. The van der Waals surface area contributed by atoms with Crippen molar-refractivity contribution in [2.24, 2.45) is 0 Å². The average molecular weight is 490 g/mol. The smallest absolute Gasteiger partial charge is 0.153 e. The van der Waals surface area contributed by atoms with E-state index in [0.29, 0.717) is 24.7 Å². The van der Waals surface area contributed by atoms with Crippen LogP contribution in [0, 0.1) is 12.3 Å². The average Bonchev–Trinajstić information content (AvgIpc) is 3.01. The molecule has 0 saturated carbocycles. The molecule has 0 radical (unpaired) electrons. The number of thiophene rings is 1. The first-order valence-electron chi connectivity index (χ1n) is 12.0. The van der Waals surface area contributed by atoms with E-state index in [1.54, 1.807) is 30.3 Å². The van der Waals surface area contributed by atoms with E-state index in [0.717, 1.165) is 40.2 Å². The summed E-state index contributed by atoms with van der Waals surface area (Å²) in [6, 6.07) is 12.2. The van der Waals surface area contributed by atoms with Gasteiger partial charge in [0.2, 0.25) is 0 Å². The molecule has 2 aromatic carbocycles. The van der Waals surface area contributed by atoms with Gasteiger partial charge in [-0.05, 0) is 80.0 Å². The van der Waals surface area contributed by atoms with Crippen molar-refractivity contribution in [3.63, 3.8) is 0 Å². The molecule has 1 fully saturated rings. The van der Waals surface area contributed by atoms with Gasteiger partial charge < -0.3 is 24.6 Å². The zero-order valence-corrected chi connectivity index (χ0v) is 20.6. The molecule has 0 amide bonds. The fourth-order valence-corrected chi connectivity index (χ4v) is 5.32. The summed E-state index contributed by atoms with van der Waals surface area (Å²) in [6.07, 6.45) is 16.1. The summed E-state index contributed by atoms with van der Waals surface area (Å²) < 4.78 is 13.0. The third-order valence-electron chi connectivity index (χ3n) is 5.95. The standard InChI is InChI=1S/C29H31NO4S/c1-2-8-25(9-7-19-33-20-18-30-16-5-3-4-6-17-30)34-28-26-15-14-24(32)21-27(26)35-29(28)22-10-12-23(31)13-11-22/h1,7-15,21,31-32H,3-6,16-20H2/b9-7-,25-8+. The molecule has 35 heavy (non-hydrogen) atoms. The van der Waals surface area contributed by atoms with Crippen molar-refractivity contribution in [2.75, 3.05) is 32.8 Å². The summed E-state index contributed by atoms with van der Waals surface area (Å²) in [5.74, 6) is 4.12. The third-order valence-corrected chi connectivity index (χ3v) is 7.13. The van der Waals surface area contributed by atoms with Crippen LogP contribution in [0.15, 0.2) is 66.5 Å². The van der Waals surface area contributed by atoms with Gasteiger partial charge >= 0.3 is 0 Å². The zero-order valence-electron chi connectivity index (χ0n) is 19.8. The number of phenolic OH excluding ortho intramolecular Hbond substituents is 2. The molecule has 0 bridgehead atoms. The number of allylic oxidation sites excluding steroid dienone is 2. The summed E-state index contributed by atoms with van der Waals surface area (Å²) in [7, 11) is 0. The molecule has 0 unspecified atom stereocenters. The van der Waals surface area contributed by atoms with Crippen LogP contribution in [0.5, 0.6) is 17.2 Å². The quantitative estimate of drug-likeness (QED) is 0.159. The van der Waals surface area contributed by atoms with Crippen molar-refractivity contribution in [1.82, 2.24) is 4.90 Å². The minimum Gasteiger partial charge on any atom is -0.508 e. The van der Waals surface area contributed by atoms with Gasteiger partial charge in [0.15, 0.2) is 5.75 Å². The van der Waals surface area contributed by atoms with E-state index in [9.17, 15) is 10.2 Å². The maximum Gasteiger partial charge on any atom is 0.153 e. The molecule has 6 heteroatoms. The van der Waals surface area contributed by atoms with E-state index < -0.39 is 0 Å². The molecule has 2 heterocycles. The lowest BCUT2D eigenvalue weighted by Gasteiger charge is -2.19. The molecule has 1 aromatic heterocycles. The van der Waals surface area contributed by atoms with Crippen molar-refractivity contribution >= 4 is 21.4 Å². The number of likely N-dealkylation sites (tertiary alicyclic amines) is 1. The monoisotopic (exact) mass is 489 g/mol. The van der Waals surface area contributed by atoms with Crippen LogP contribution in [0.3, 0.4) is 0 Å². The minimum atomic E-state index is 0.194. The summed E-state index contributed by atoms with van der Waals surface area (Å²) in [5.41, 5.74) is 0.902. The molecule has 1 aliphatic heterocycles. The zero-order chi connectivity index (χ0) is 24.5. The second-order valence-electron chi connectivity index (χ2n) is 8.54. The van der Waals surface area contributed by atoms with Crippen LogP contribution in [0.2, 0.25) is 0 Å². The van der Waals surface area contributed by atoms with Gasteiger partial charge in [-0.2, -0.15) is 0 Å². The summed E-state index contributed by atoms with van der Waals surface area (Å²) >= 11 is 1.51. The minimum absolute atomic E-state index is 0.194. The first-order chi connectivity index (χ1) is 17.1. The molecule has 3 aromatic rings. The van der Waals surface area contributed by atoms with Crippen molar-refractivity contribution in [3.8, 4) is 40.0 Å². The van der Waals surface area contributed by atoms with Gasteiger partial charge in [-0.25, -0.2) is 0 Å². The van der Waals surface area contributed by atoms with Crippen LogP contribution >= 0.6 is 11.3 Å². The largest absolute Gasteiger partial charge is 0.508 e. The predicted molar refractivity (Wildman–Crippen MR) is 143 cm³/mol. The van der Waals surface area contributed by atoms with E-state index in [-0.39, 0.29) is 11.5 Å². The highest BCUT2D eigenvalue weighted by Crippen LogP contribution is 2.46. The molecule has 0 aliphatic carbocycles.